The van der Waals surface area contributed by atoms with E-state index in [1.165, 1.54) is 10.9 Å². The molecule has 1 aliphatic heterocycles. The van der Waals surface area contributed by atoms with Gasteiger partial charge in [-0.2, -0.15) is 4.31 Å². The molecule has 18 nitrogen and oxygen atoms in total. The van der Waals surface area contributed by atoms with Crippen LogP contribution in [0.1, 0.15) is 6.23 Å². The molecule has 0 aliphatic carbocycles. The van der Waals surface area contributed by atoms with E-state index in [-0.39, 0.29) is 17.0 Å². The van der Waals surface area contributed by atoms with Crippen molar-refractivity contribution in [2.24, 2.45) is 0 Å². The zero-order valence-corrected chi connectivity index (χ0v) is 18.0. The highest BCUT2D eigenvalue weighted by molar-refractivity contribution is 7.61. The fourth-order valence-corrected chi connectivity index (χ4v) is 4.82. The molecular formula is C13H19N5O13P2. The number of phosphoric ester groups is 2. The number of nitrogens with two attached hydrogens (primary N) is 1. The van der Waals surface area contributed by atoms with Gasteiger partial charge in [0.05, 0.1) is 19.5 Å². The molecule has 0 spiro atoms. The lowest BCUT2D eigenvalue weighted by atomic mass is 10.1. The number of hydrogen-bond acceptors (Lipinski definition) is 14. The van der Waals surface area contributed by atoms with E-state index in [9.17, 15) is 33.9 Å². The van der Waals surface area contributed by atoms with Crippen molar-refractivity contribution in [1.82, 2.24) is 19.5 Å². The highest BCUT2D eigenvalue weighted by atomic mass is 31.3. The van der Waals surface area contributed by atoms with Crippen molar-refractivity contribution in [3.05, 3.63) is 12.7 Å². The predicted octanol–water partition coefficient (Wildman–Crippen LogP) is -2.28. The topological polar surface area (TPSA) is 279 Å². The number of fused-ring (bicyclic) bond motifs is 1. The van der Waals surface area contributed by atoms with Gasteiger partial charge in [0.15, 0.2) is 23.8 Å². The van der Waals surface area contributed by atoms with Crippen LogP contribution < -0.4 is 5.73 Å². The molecular weight excluding hydrogens is 496 g/mol. The van der Waals surface area contributed by atoms with Crippen molar-refractivity contribution in [2.75, 3.05) is 18.9 Å². The van der Waals surface area contributed by atoms with Gasteiger partial charge in [0.25, 0.3) is 0 Å². The molecule has 0 radical (unpaired) electrons. The van der Waals surface area contributed by atoms with Gasteiger partial charge in [0.2, 0.25) is 0 Å². The second kappa shape index (κ2) is 9.65. The Labute approximate surface area is 183 Å². The van der Waals surface area contributed by atoms with Crippen LogP contribution in [-0.2, 0) is 32.0 Å². The third-order valence-electron chi connectivity index (χ3n) is 4.29. The summed E-state index contributed by atoms with van der Waals surface area (Å²) in [7, 11) is -10.7. The first kappa shape index (κ1) is 25.5. The summed E-state index contributed by atoms with van der Waals surface area (Å²) < 4.78 is 42.9. The van der Waals surface area contributed by atoms with Gasteiger partial charge in [-0.15, -0.1) is 0 Å². The van der Waals surface area contributed by atoms with Gasteiger partial charge >= 0.3 is 21.6 Å². The van der Waals surface area contributed by atoms with Crippen LogP contribution in [0, 0.1) is 0 Å². The number of aromatic nitrogens is 4. The molecule has 8 N–H and O–H groups in total. The molecule has 2 aromatic rings. The average molecular weight is 515 g/mol. The summed E-state index contributed by atoms with van der Waals surface area (Å²) >= 11 is 0. The number of ether oxygens (including phenoxy) is 1. The summed E-state index contributed by atoms with van der Waals surface area (Å²) in [4.78, 5) is 41.2. The van der Waals surface area contributed by atoms with E-state index in [0.29, 0.717) is 0 Å². The molecule has 3 heterocycles. The van der Waals surface area contributed by atoms with Crippen molar-refractivity contribution in [3.8, 4) is 0 Å². The molecule has 1 fully saturated rings. The number of anilines is 1. The molecule has 0 aromatic carbocycles. The molecule has 0 bridgehead atoms. The predicted molar refractivity (Wildman–Crippen MR) is 102 cm³/mol. The Morgan fingerprint density at radius 2 is 1.85 bits per heavy atom. The van der Waals surface area contributed by atoms with Crippen molar-refractivity contribution < 1.29 is 62.2 Å². The second-order valence-corrected chi connectivity index (χ2v) is 9.64. The normalized spacial score (nSPS) is 27.8. The Kier molecular flexibility index (Phi) is 7.47. The molecule has 3 unspecified atom stereocenters. The largest absolute Gasteiger partial charge is 0.481 e. The van der Waals surface area contributed by atoms with Gasteiger partial charge in [-0.3, -0.25) is 13.6 Å². The number of hydrogen-bond donors (Lipinski definition) is 7. The molecule has 0 amide bonds. The number of phosphoric acid groups is 2. The number of aliphatic hydroxyl groups is 3. The van der Waals surface area contributed by atoms with Gasteiger partial charge < -0.3 is 40.7 Å². The average Bonchev–Trinajstić information content (AvgIpc) is 3.26. The number of carbonyl (C=O) groups is 1. The van der Waals surface area contributed by atoms with Crippen LogP contribution in [0.15, 0.2) is 12.7 Å². The van der Waals surface area contributed by atoms with Crippen LogP contribution in [0.25, 0.3) is 11.2 Å². The van der Waals surface area contributed by atoms with E-state index in [2.05, 4.69) is 28.3 Å². The quantitative estimate of drug-likeness (QED) is 0.164. The number of aliphatic carboxylic acids is 1. The summed E-state index contributed by atoms with van der Waals surface area (Å²) in [6, 6.07) is 0. The first-order valence-corrected chi connectivity index (χ1v) is 11.8. The van der Waals surface area contributed by atoms with E-state index in [4.69, 9.17) is 20.7 Å². The molecule has 3 rings (SSSR count). The molecule has 184 valence electrons. The minimum atomic E-state index is -5.33. The lowest BCUT2D eigenvalue weighted by Crippen LogP contribution is -2.33. The molecule has 1 saturated heterocycles. The van der Waals surface area contributed by atoms with Gasteiger partial charge in [0, 0.05) is 0 Å². The number of nitrogens with zero attached hydrogens (tertiary/aromatic N) is 4. The highest BCUT2D eigenvalue weighted by Gasteiger charge is 2.46. The van der Waals surface area contributed by atoms with Crippen LogP contribution in [-0.4, -0.2) is 93.3 Å². The highest BCUT2D eigenvalue weighted by Crippen LogP contribution is 2.60. The van der Waals surface area contributed by atoms with Gasteiger partial charge in [0.1, 0.15) is 30.2 Å². The zero-order valence-electron chi connectivity index (χ0n) is 16.3. The third kappa shape index (κ3) is 5.89. The first-order chi connectivity index (χ1) is 15.3. The summed E-state index contributed by atoms with van der Waals surface area (Å²) in [5.74, 6) is -1.73. The van der Waals surface area contributed by atoms with E-state index in [1.54, 1.807) is 0 Å². The van der Waals surface area contributed by atoms with Gasteiger partial charge in [-0.25, -0.2) is 28.9 Å². The lowest BCUT2D eigenvalue weighted by molar-refractivity contribution is -0.148. The number of carboxylic acids is 1. The maximum absolute atomic E-state index is 11.9. The van der Waals surface area contributed by atoms with E-state index in [1.807, 2.05) is 0 Å². The first-order valence-electron chi connectivity index (χ1n) is 8.83. The minimum Gasteiger partial charge on any atom is -0.479 e. The Morgan fingerprint density at radius 3 is 2.52 bits per heavy atom. The fourth-order valence-electron chi connectivity index (χ4n) is 2.73. The molecule has 2 aromatic heterocycles. The van der Waals surface area contributed by atoms with E-state index < -0.39 is 65.5 Å². The van der Waals surface area contributed by atoms with E-state index in [0.717, 1.165) is 6.33 Å². The van der Waals surface area contributed by atoms with Crippen molar-refractivity contribution >= 4 is 38.6 Å². The SMILES string of the molecule is Nc1ncnc2c1ncn2[C@@H]1O[C@H](COP(=O)(O)OP(=O)(O)OCC(O)C(=O)O)[C@@H](O)[C@H]1O. The summed E-state index contributed by atoms with van der Waals surface area (Å²) in [5, 5.41) is 38.0. The monoisotopic (exact) mass is 515 g/mol. The molecule has 0 saturated carbocycles. The van der Waals surface area contributed by atoms with Crippen molar-refractivity contribution in [1.29, 1.82) is 0 Å². The Balaban J connectivity index is 1.62. The Bertz CT molecular complexity index is 1110. The van der Waals surface area contributed by atoms with Crippen LogP contribution in [0.3, 0.4) is 0 Å². The fraction of sp³-hybridized carbons (Fsp3) is 0.538. The summed E-state index contributed by atoms with van der Waals surface area (Å²) in [5.41, 5.74) is 6.05. The minimum absolute atomic E-state index is 0.0524. The van der Waals surface area contributed by atoms with Crippen LogP contribution >= 0.6 is 15.6 Å². The van der Waals surface area contributed by atoms with Gasteiger partial charge in [-0.05, 0) is 0 Å². The Hall–Kier alpha value is -2.08. The number of rotatable bonds is 10. The van der Waals surface area contributed by atoms with Gasteiger partial charge in [-0.1, -0.05) is 0 Å². The Morgan fingerprint density at radius 1 is 1.18 bits per heavy atom. The number of imidazole rings is 1. The maximum atomic E-state index is 11.9. The van der Waals surface area contributed by atoms with Crippen molar-refractivity contribution in [2.45, 2.75) is 30.6 Å². The van der Waals surface area contributed by atoms with Crippen LogP contribution in [0.5, 0.6) is 0 Å². The standard InChI is InChI=1S/C13H19N5O13P2/c14-10-7-11(16-3-15-10)18(4-17-7)12-9(21)8(20)6(30-12)2-29-33(26,27)31-32(24,25)28-1-5(19)13(22)23/h3-6,8-9,12,19-21H,1-2H2,(H,22,23)(H,24,25)(H,26,27)(H2,14,15,16)/t5?,6-,8-,9-,12-/m1/s1. The number of aliphatic hydroxyl groups excluding tert-OH is 3. The van der Waals surface area contributed by atoms with Crippen LogP contribution in [0.2, 0.25) is 0 Å². The van der Waals surface area contributed by atoms with E-state index >= 15 is 0 Å². The van der Waals surface area contributed by atoms with Crippen LogP contribution in [0.4, 0.5) is 5.82 Å². The summed E-state index contributed by atoms with van der Waals surface area (Å²) in [6.45, 7) is -2.13. The molecule has 7 atom stereocenters. The molecule has 20 heteroatoms. The number of carboxylic acid groups (broad SMARTS) is 1. The number of nitrogen functional groups attached to an aromatic ring is 1. The van der Waals surface area contributed by atoms with Crippen molar-refractivity contribution in [3.63, 3.8) is 0 Å². The second-order valence-electron chi connectivity index (χ2n) is 6.59. The smallest absolute Gasteiger partial charge is 0.479 e. The molecule has 33 heavy (non-hydrogen) atoms. The summed E-state index contributed by atoms with van der Waals surface area (Å²) in [6.07, 6.45) is -5.75. The molecule has 1 aliphatic rings. The lowest BCUT2D eigenvalue weighted by Gasteiger charge is -2.19. The maximum Gasteiger partial charge on any atom is 0.481 e. The third-order valence-corrected chi connectivity index (χ3v) is 6.89. The zero-order chi connectivity index (χ0) is 24.6.